The molecule has 4 nitrogen and oxygen atoms in total. The Balaban J connectivity index is 2.38. The van der Waals surface area contributed by atoms with Gasteiger partial charge in [0.2, 0.25) is 5.91 Å². The fourth-order valence-electron chi connectivity index (χ4n) is 1.54. The summed E-state index contributed by atoms with van der Waals surface area (Å²) >= 11 is 5.96. The van der Waals surface area contributed by atoms with Gasteiger partial charge in [0.15, 0.2) is 0 Å². The second kappa shape index (κ2) is 7.25. The van der Waals surface area contributed by atoms with E-state index < -0.39 is 0 Å². The fraction of sp³-hybridized carbons (Fsp3) is 0.500. The molecule has 0 aliphatic rings. The van der Waals surface area contributed by atoms with E-state index in [1.807, 2.05) is 19.9 Å². The van der Waals surface area contributed by atoms with E-state index >= 15 is 0 Å². The molecular formula is C12H18ClN3O. The monoisotopic (exact) mass is 255 g/mol. The zero-order chi connectivity index (χ0) is 12.7. The minimum Gasteiger partial charge on any atom is -0.342 e. The lowest BCUT2D eigenvalue weighted by molar-refractivity contribution is -0.129. The van der Waals surface area contributed by atoms with Gasteiger partial charge in [0, 0.05) is 32.0 Å². The summed E-state index contributed by atoms with van der Waals surface area (Å²) in [6.45, 7) is 6.34. The molecule has 0 aliphatic heterocycles. The van der Waals surface area contributed by atoms with E-state index in [9.17, 15) is 4.79 Å². The van der Waals surface area contributed by atoms with Gasteiger partial charge in [0.1, 0.15) is 0 Å². The molecule has 0 unspecified atom stereocenters. The highest BCUT2D eigenvalue weighted by Gasteiger charge is 2.08. The molecule has 1 amide bonds. The van der Waals surface area contributed by atoms with Crippen molar-refractivity contribution in [3.8, 4) is 0 Å². The molecule has 1 N–H and O–H groups in total. The molecule has 1 rings (SSSR count). The maximum absolute atomic E-state index is 11.7. The second-order valence-corrected chi connectivity index (χ2v) is 4.04. The van der Waals surface area contributed by atoms with E-state index in [2.05, 4.69) is 10.3 Å². The molecule has 0 radical (unpaired) electrons. The number of hydrogen-bond donors (Lipinski definition) is 1. The number of aromatic nitrogens is 1. The van der Waals surface area contributed by atoms with Crippen LogP contribution in [0, 0.1) is 0 Å². The number of halogens is 1. The van der Waals surface area contributed by atoms with E-state index in [0.717, 1.165) is 18.7 Å². The van der Waals surface area contributed by atoms with Gasteiger partial charge in [-0.2, -0.15) is 0 Å². The average molecular weight is 256 g/mol. The molecule has 0 aliphatic carbocycles. The van der Waals surface area contributed by atoms with Crippen LogP contribution in [-0.2, 0) is 11.3 Å². The number of nitrogens with one attached hydrogen (secondary N) is 1. The number of nitrogens with zero attached hydrogens (tertiary/aromatic N) is 2. The zero-order valence-electron chi connectivity index (χ0n) is 10.2. The molecule has 0 fully saturated rings. The second-order valence-electron chi connectivity index (χ2n) is 3.64. The van der Waals surface area contributed by atoms with Gasteiger partial charge in [0.05, 0.1) is 11.6 Å². The molecule has 1 aromatic heterocycles. The number of likely N-dealkylation sites (N-methyl/N-ethyl adjacent to an activating group) is 1. The average Bonchev–Trinajstić information content (AvgIpc) is 2.33. The van der Waals surface area contributed by atoms with Crippen LogP contribution in [0.15, 0.2) is 18.5 Å². The van der Waals surface area contributed by atoms with Crippen molar-refractivity contribution in [1.82, 2.24) is 15.2 Å². The number of carbonyl (C=O) groups excluding carboxylic acids is 1. The van der Waals surface area contributed by atoms with Gasteiger partial charge >= 0.3 is 0 Å². The van der Waals surface area contributed by atoms with Crippen molar-refractivity contribution < 1.29 is 4.79 Å². The smallest absolute Gasteiger partial charge is 0.236 e. The van der Waals surface area contributed by atoms with E-state index in [1.54, 1.807) is 17.3 Å². The lowest BCUT2D eigenvalue weighted by Gasteiger charge is -2.18. The highest BCUT2D eigenvalue weighted by Crippen LogP contribution is 2.12. The molecule has 0 atom stereocenters. The summed E-state index contributed by atoms with van der Waals surface area (Å²) in [5.41, 5.74) is 0.953. The molecule has 0 aromatic carbocycles. The number of pyridine rings is 1. The predicted molar refractivity (Wildman–Crippen MR) is 68.9 cm³/mol. The first-order chi connectivity index (χ1) is 8.19. The summed E-state index contributed by atoms with van der Waals surface area (Å²) in [6.07, 6.45) is 3.29. The van der Waals surface area contributed by atoms with Crippen LogP contribution in [0.1, 0.15) is 19.4 Å². The third kappa shape index (κ3) is 4.32. The zero-order valence-corrected chi connectivity index (χ0v) is 11.0. The maximum atomic E-state index is 11.7. The van der Waals surface area contributed by atoms with Crippen LogP contribution in [0.25, 0.3) is 0 Å². The molecule has 0 saturated heterocycles. The highest BCUT2D eigenvalue weighted by atomic mass is 35.5. The van der Waals surface area contributed by atoms with Crippen LogP contribution >= 0.6 is 11.6 Å². The van der Waals surface area contributed by atoms with Gasteiger partial charge in [0.25, 0.3) is 0 Å². The first kappa shape index (κ1) is 13.9. The standard InChI is InChI=1S/C12H18ClN3O/c1-3-16(4-2)12(17)9-15-7-10-5-6-14-8-11(10)13/h5-6,8,15H,3-4,7,9H2,1-2H3. The Bertz CT molecular complexity index is 367. The SMILES string of the molecule is CCN(CC)C(=O)CNCc1ccncc1Cl. The number of amides is 1. The van der Waals surface area contributed by atoms with Crippen LogP contribution < -0.4 is 5.32 Å². The molecule has 5 heteroatoms. The molecule has 94 valence electrons. The highest BCUT2D eigenvalue weighted by molar-refractivity contribution is 6.31. The van der Waals surface area contributed by atoms with Crippen molar-refractivity contribution in [3.63, 3.8) is 0 Å². The molecule has 0 saturated carbocycles. The summed E-state index contributed by atoms with van der Waals surface area (Å²) < 4.78 is 0. The molecule has 0 bridgehead atoms. The Morgan fingerprint density at radius 1 is 1.47 bits per heavy atom. The van der Waals surface area contributed by atoms with Crippen LogP contribution in [0.5, 0.6) is 0 Å². The normalized spacial score (nSPS) is 10.3. The van der Waals surface area contributed by atoms with Crippen molar-refractivity contribution >= 4 is 17.5 Å². The molecule has 17 heavy (non-hydrogen) atoms. The Labute approximate surface area is 107 Å². The lowest BCUT2D eigenvalue weighted by Crippen LogP contribution is -2.37. The van der Waals surface area contributed by atoms with E-state index in [4.69, 9.17) is 11.6 Å². The summed E-state index contributed by atoms with van der Waals surface area (Å²) in [7, 11) is 0. The van der Waals surface area contributed by atoms with Gasteiger partial charge in [-0.25, -0.2) is 0 Å². The van der Waals surface area contributed by atoms with Gasteiger partial charge in [-0.3, -0.25) is 9.78 Å². The van der Waals surface area contributed by atoms with Crippen molar-refractivity contribution in [2.24, 2.45) is 0 Å². The Morgan fingerprint density at radius 2 is 2.18 bits per heavy atom. The fourth-order valence-corrected chi connectivity index (χ4v) is 1.73. The third-order valence-electron chi connectivity index (χ3n) is 2.56. The van der Waals surface area contributed by atoms with E-state index in [0.29, 0.717) is 18.1 Å². The van der Waals surface area contributed by atoms with Crippen molar-refractivity contribution in [1.29, 1.82) is 0 Å². The van der Waals surface area contributed by atoms with Crippen LogP contribution in [0.2, 0.25) is 5.02 Å². The topological polar surface area (TPSA) is 45.2 Å². The quantitative estimate of drug-likeness (QED) is 0.842. The Morgan fingerprint density at radius 3 is 2.76 bits per heavy atom. The molecule has 0 spiro atoms. The van der Waals surface area contributed by atoms with Gasteiger partial charge in [-0.05, 0) is 25.5 Å². The van der Waals surface area contributed by atoms with Crippen molar-refractivity contribution in [2.75, 3.05) is 19.6 Å². The first-order valence-electron chi connectivity index (χ1n) is 5.75. The van der Waals surface area contributed by atoms with Crippen LogP contribution in [-0.4, -0.2) is 35.4 Å². The molecular weight excluding hydrogens is 238 g/mol. The summed E-state index contributed by atoms with van der Waals surface area (Å²) in [6, 6.07) is 1.84. The maximum Gasteiger partial charge on any atom is 0.236 e. The van der Waals surface area contributed by atoms with Crippen molar-refractivity contribution in [3.05, 3.63) is 29.0 Å². The molecule has 1 aromatic rings. The van der Waals surface area contributed by atoms with E-state index in [-0.39, 0.29) is 5.91 Å². The minimum atomic E-state index is 0.111. The van der Waals surface area contributed by atoms with E-state index in [1.165, 1.54) is 0 Å². The predicted octanol–water partition coefficient (Wildman–Crippen LogP) is 1.69. The summed E-state index contributed by atoms with van der Waals surface area (Å²) in [5, 5.41) is 3.71. The van der Waals surface area contributed by atoms with Crippen LogP contribution in [0.3, 0.4) is 0 Å². The first-order valence-corrected chi connectivity index (χ1v) is 6.13. The Hall–Kier alpha value is -1.13. The summed E-state index contributed by atoms with van der Waals surface area (Å²) in [5.74, 6) is 0.111. The minimum absolute atomic E-state index is 0.111. The number of carbonyl (C=O) groups is 1. The van der Waals surface area contributed by atoms with Gasteiger partial charge in [-0.1, -0.05) is 11.6 Å². The van der Waals surface area contributed by atoms with Crippen molar-refractivity contribution in [2.45, 2.75) is 20.4 Å². The number of rotatable bonds is 6. The van der Waals surface area contributed by atoms with Gasteiger partial charge in [-0.15, -0.1) is 0 Å². The molecule has 1 heterocycles. The number of hydrogen-bond acceptors (Lipinski definition) is 3. The third-order valence-corrected chi connectivity index (χ3v) is 2.90. The van der Waals surface area contributed by atoms with Gasteiger partial charge < -0.3 is 10.2 Å². The Kier molecular flexibility index (Phi) is 5.94. The van der Waals surface area contributed by atoms with Crippen LogP contribution in [0.4, 0.5) is 0 Å². The largest absolute Gasteiger partial charge is 0.342 e. The summed E-state index contributed by atoms with van der Waals surface area (Å²) in [4.78, 5) is 17.4. The lowest BCUT2D eigenvalue weighted by atomic mass is 10.2.